The molecule has 4 heteroatoms. The van der Waals surface area contributed by atoms with Gasteiger partial charge in [0, 0.05) is 55.7 Å². The maximum atomic E-state index is 6.13. The first-order valence-corrected chi connectivity index (χ1v) is 18.2. The molecule has 0 fully saturated rings. The first kappa shape index (κ1) is 31.4. The van der Waals surface area contributed by atoms with Gasteiger partial charge in [-0.1, -0.05) is 109 Å². The molecule has 2 aromatic heterocycles. The number of benzene rings is 8. The average molecular weight is 695 g/mol. The second-order valence-electron chi connectivity index (χ2n) is 13.4. The van der Waals surface area contributed by atoms with E-state index in [4.69, 9.17) is 8.83 Å². The summed E-state index contributed by atoms with van der Waals surface area (Å²) in [6.45, 7) is 0. The van der Waals surface area contributed by atoms with Crippen LogP contribution in [0, 0.1) is 0 Å². The second-order valence-corrected chi connectivity index (χ2v) is 13.4. The van der Waals surface area contributed by atoms with Crippen molar-refractivity contribution in [3.8, 4) is 0 Å². The topological polar surface area (TPSA) is 32.8 Å². The number of hydrogen-bond donors (Lipinski definition) is 0. The van der Waals surface area contributed by atoms with Gasteiger partial charge in [-0.3, -0.25) is 0 Å². The van der Waals surface area contributed by atoms with E-state index >= 15 is 0 Å². The van der Waals surface area contributed by atoms with Gasteiger partial charge in [-0.25, -0.2) is 0 Å². The summed E-state index contributed by atoms with van der Waals surface area (Å²) in [4.78, 5) is 4.58. The van der Waals surface area contributed by atoms with Crippen molar-refractivity contribution in [2.75, 3.05) is 9.80 Å². The van der Waals surface area contributed by atoms with E-state index in [9.17, 15) is 0 Å². The number of hydrogen-bond acceptors (Lipinski definition) is 4. The lowest BCUT2D eigenvalue weighted by atomic mass is 10.1. The third-order valence-corrected chi connectivity index (χ3v) is 10.0. The van der Waals surface area contributed by atoms with Gasteiger partial charge in [0.1, 0.15) is 22.3 Å². The van der Waals surface area contributed by atoms with E-state index in [1.54, 1.807) is 0 Å². The molecular formula is C50H34N2O2. The summed E-state index contributed by atoms with van der Waals surface area (Å²) in [6, 6.07) is 67.7. The van der Waals surface area contributed by atoms with E-state index in [1.807, 2.05) is 24.3 Å². The predicted molar refractivity (Wildman–Crippen MR) is 226 cm³/mol. The predicted octanol–water partition coefficient (Wildman–Crippen LogP) is 14.6. The van der Waals surface area contributed by atoms with Crippen molar-refractivity contribution in [2.45, 2.75) is 0 Å². The SMILES string of the molecule is C(=C\c1ccc(N(c2ccccc2)c2ccc3oc4ccccc4c3c2)cc1)/c1ccc(N(c2ccccc2)c2ccc3oc4ccccc4c3c2)cc1. The Bertz CT molecular complexity index is 2720. The molecule has 0 atom stereocenters. The molecule has 0 radical (unpaired) electrons. The smallest absolute Gasteiger partial charge is 0.135 e. The number of rotatable bonds is 8. The van der Waals surface area contributed by atoms with Crippen molar-refractivity contribution < 1.29 is 8.83 Å². The van der Waals surface area contributed by atoms with Gasteiger partial charge in [0.15, 0.2) is 0 Å². The van der Waals surface area contributed by atoms with Crippen LogP contribution in [0.15, 0.2) is 203 Å². The molecule has 0 saturated carbocycles. The maximum absolute atomic E-state index is 6.13. The zero-order valence-electron chi connectivity index (χ0n) is 29.3. The normalized spacial score (nSPS) is 11.6. The van der Waals surface area contributed by atoms with Gasteiger partial charge in [-0.2, -0.15) is 0 Å². The molecule has 54 heavy (non-hydrogen) atoms. The highest BCUT2D eigenvalue weighted by molar-refractivity contribution is 6.07. The second kappa shape index (κ2) is 13.4. The molecular weight excluding hydrogens is 661 g/mol. The molecule has 0 aliphatic heterocycles. The molecule has 2 heterocycles. The van der Waals surface area contributed by atoms with Crippen molar-refractivity contribution in [1.29, 1.82) is 0 Å². The van der Waals surface area contributed by atoms with E-state index in [0.717, 1.165) is 89.1 Å². The molecule has 256 valence electrons. The Hall–Kier alpha value is -7.30. The van der Waals surface area contributed by atoms with Gasteiger partial charge in [-0.05, 0) is 108 Å². The zero-order chi connectivity index (χ0) is 35.8. The first-order valence-electron chi connectivity index (χ1n) is 18.2. The fourth-order valence-electron chi connectivity index (χ4n) is 7.42. The minimum Gasteiger partial charge on any atom is -0.456 e. The summed E-state index contributed by atoms with van der Waals surface area (Å²) in [5.41, 5.74) is 12.3. The van der Waals surface area contributed by atoms with Crippen LogP contribution in [0.2, 0.25) is 0 Å². The van der Waals surface area contributed by atoms with Crippen molar-refractivity contribution in [3.05, 3.63) is 205 Å². The van der Waals surface area contributed by atoms with Crippen LogP contribution in [-0.2, 0) is 0 Å². The van der Waals surface area contributed by atoms with E-state index in [0.29, 0.717) is 0 Å². The summed E-state index contributed by atoms with van der Waals surface area (Å²) < 4.78 is 12.3. The number of nitrogens with zero attached hydrogens (tertiary/aromatic N) is 2. The number of anilines is 6. The fourth-order valence-corrected chi connectivity index (χ4v) is 7.42. The standard InChI is InChI=1S/C50H34N2O2/c1-3-11-37(12-4-1)51(41-29-31-49-45(33-41)43-15-7-9-17-47(43)53-49)39-25-21-35(22-26-39)19-20-36-23-27-40(28-24-36)52(38-13-5-2-6-14-38)42-30-32-50-46(34-42)44-16-8-10-18-48(44)54-50/h1-34H/b20-19+. The van der Waals surface area contributed by atoms with Crippen LogP contribution in [0.3, 0.4) is 0 Å². The van der Waals surface area contributed by atoms with Crippen LogP contribution < -0.4 is 9.80 Å². The minimum absolute atomic E-state index is 0.888. The first-order chi connectivity index (χ1) is 26.7. The third kappa shape index (κ3) is 5.76. The molecule has 0 N–H and O–H groups in total. The zero-order valence-corrected chi connectivity index (χ0v) is 29.3. The number of fused-ring (bicyclic) bond motifs is 6. The largest absolute Gasteiger partial charge is 0.456 e. The Morgan fingerprint density at radius 2 is 0.611 bits per heavy atom. The Balaban J connectivity index is 0.937. The lowest BCUT2D eigenvalue weighted by Gasteiger charge is -2.25. The quantitative estimate of drug-likeness (QED) is 0.148. The minimum atomic E-state index is 0.888. The molecule has 0 bridgehead atoms. The van der Waals surface area contributed by atoms with Gasteiger partial charge in [0.05, 0.1) is 0 Å². The summed E-state index contributed by atoms with van der Waals surface area (Å²) in [7, 11) is 0. The van der Waals surface area contributed by atoms with Gasteiger partial charge in [-0.15, -0.1) is 0 Å². The molecule has 0 aliphatic carbocycles. The third-order valence-electron chi connectivity index (χ3n) is 10.0. The maximum Gasteiger partial charge on any atom is 0.135 e. The summed E-state index contributed by atoms with van der Waals surface area (Å²) >= 11 is 0. The monoisotopic (exact) mass is 694 g/mol. The Morgan fingerprint density at radius 3 is 1.04 bits per heavy atom. The number of furan rings is 2. The van der Waals surface area contributed by atoms with Crippen molar-refractivity contribution in [1.82, 2.24) is 0 Å². The Morgan fingerprint density at radius 1 is 0.278 bits per heavy atom. The fraction of sp³-hybridized carbons (Fsp3) is 0. The van der Waals surface area contributed by atoms with Gasteiger partial charge in [0.2, 0.25) is 0 Å². The molecule has 10 rings (SSSR count). The number of para-hydroxylation sites is 4. The lowest BCUT2D eigenvalue weighted by molar-refractivity contribution is 0.668. The Kier molecular flexibility index (Phi) is 7.77. The van der Waals surface area contributed by atoms with Gasteiger partial charge >= 0.3 is 0 Å². The van der Waals surface area contributed by atoms with Crippen LogP contribution in [0.5, 0.6) is 0 Å². The lowest BCUT2D eigenvalue weighted by Crippen LogP contribution is -2.09. The average Bonchev–Trinajstić information content (AvgIpc) is 3.80. The Labute approximate surface area is 313 Å². The highest BCUT2D eigenvalue weighted by Crippen LogP contribution is 2.40. The van der Waals surface area contributed by atoms with Crippen molar-refractivity contribution in [2.24, 2.45) is 0 Å². The van der Waals surface area contributed by atoms with Crippen LogP contribution in [-0.4, -0.2) is 0 Å². The molecule has 4 nitrogen and oxygen atoms in total. The molecule has 0 saturated heterocycles. The summed E-state index contributed by atoms with van der Waals surface area (Å²) in [5, 5.41) is 4.45. The molecule has 10 aromatic rings. The molecule has 0 unspecified atom stereocenters. The van der Waals surface area contributed by atoms with E-state index < -0.39 is 0 Å². The van der Waals surface area contributed by atoms with Crippen LogP contribution in [0.4, 0.5) is 34.1 Å². The van der Waals surface area contributed by atoms with Crippen LogP contribution >= 0.6 is 0 Å². The summed E-state index contributed by atoms with van der Waals surface area (Å²) in [6.07, 6.45) is 4.34. The molecule has 8 aromatic carbocycles. The molecule has 0 amide bonds. The van der Waals surface area contributed by atoms with Crippen molar-refractivity contribution in [3.63, 3.8) is 0 Å². The highest BCUT2D eigenvalue weighted by Gasteiger charge is 2.17. The molecule has 0 aliphatic rings. The van der Waals surface area contributed by atoms with Gasteiger partial charge < -0.3 is 18.6 Å². The van der Waals surface area contributed by atoms with Crippen LogP contribution in [0.1, 0.15) is 11.1 Å². The highest BCUT2D eigenvalue weighted by atomic mass is 16.3. The summed E-state index contributed by atoms with van der Waals surface area (Å²) in [5.74, 6) is 0. The van der Waals surface area contributed by atoms with E-state index in [1.165, 1.54) is 0 Å². The van der Waals surface area contributed by atoms with Crippen LogP contribution in [0.25, 0.3) is 56.0 Å². The van der Waals surface area contributed by atoms with Crippen molar-refractivity contribution >= 4 is 90.2 Å². The van der Waals surface area contributed by atoms with E-state index in [-0.39, 0.29) is 0 Å². The van der Waals surface area contributed by atoms with E-state index in [2.05, 4.69) is 192 Å². The molecule has 0 spiro atoms. The van der Waals surface area contributed by atoms with Gasteiger partial charge in [0.25, 0.3) is 0 Å².